The summed E-state index contributed by atoms with van der Waals surface area (Å²) in [4.78, 5) is 0.698. The van der Waals surface area contributed by atoms with Gasteiger partial charge < -0.3 is 0 Å². The lowest BCUT2D eigenvalue weighted by atomic mass is 9.84. The lowest BCUT2D eigenvalue weighted by Gasteiger charge is -2.27. The van der Waals surface area contributed by atoms with Gasteiger partial charge in [-0.25, -0.2) is 0 Å². The Morgan fingerprint density at radius 2 is 1.69 bits per heavy atom. The molecular weight excluding hydrogens is 224 g/mol. The number of rotatable bonds is 1. The first-order valence-corrected chi connectivity index (χ1v) is 5.98. The van der Waals surface area contributed by atoms with Crippen LogP contribution in [0.5, 0.6) is 0 Å². The molecule has 0 aromatic heterocycles. The number of benzene rings is 1. The van der Waals surface area contributed by atoms with Gasteiger partial charge in [0.25, 0.3) is 0 Å². The van der Waals surface area contributed by atoms with Crippen LogP contribution in [0, 0.1) is 0 Å². The van der Waals surface area contributed by atoms with Crippen molar-refractivity contribution in [3.63, 3.8) is 0 Å². The Morgan fingerprint density at radius 3 is 2.38 bits per heavy atom. The standard InChI is InChI=1S/C12H15Br/c13-12-9-5-4-8-11(12)10-6-2-1-3-7-10/h1-3,6-7,11-12H,4-5,8-9H2. The van der Waals surface area contributed by atoms with Crippen LogP contribution < -0.4 is 0 Å². The molecule has 0 heterocycles. The fourth-order valence-corrected chi connectivity index (χ4v) is 3.05. The average molecular weight is 239 g/mol. The summed E-state index contributed by atoms with van der Waals surface area (Å²) < 4.78 is 0. The van der Waals surface area contributed by atoms with E-state index in [1.165, 1.54) is 31.2 Å². The maximum absolute atomic E-state index is 3.79. The van der Waals surface area contributed by atoms with E-state index in [4.69, 9.17) is 0 Å². The van der Waals surface area contributed by atoms with Gasteiger partial charge in [0.05, 0.1) is 0 Å². The Hall–Kier alpha value is -0.300. The maximum atomic E-state index is 3.79. The minimum Gasteiger partial charge on any atom is -0.0884 e. The Morgan fingerprint density at radius 1 is 1.00 bits per heavy atom. The number of hydrogen-bond donors (Lipinski definition) is 0. The Labute approximate surface area is 88.5 Å². The van der Waals surface area contributed by atoms with Crippen molar-refractivity contribution in [3.05, 3.63) is 35.9 Å². The van der Waals surface area contributed by atoms with E-state index in [-0.39, 0.29) is 0 Å². The van der Waals surface area contributed by atoms with E-state index in [0.29, 0.717) is 4.83 Å². The number of hydrogen-bond acceptors (Lipinski definition) is 0. The summed E-state index contributed by atoms with van der Waals surface area (Å²) >= 11 is 3.79. The van der Waals surface area contributed by atoms with Crippen molar-refractivity contribution in [1.82, 2.24) is 0 Å². The molecule has 0 N–H and O–H groups in total. The van der Waals surface area contributed by atoms with Gasteiger partial charge in [0.2, 0.25) is 0 Å². The van der Waals surface area contributed by atoms with Crippen LogP contribution in [0.2, 0.25) is 0 Å². The molecule has 1 saturated carbocycles. The predicted octanol–water partition coefficient (Wildman–Crippen LogP) is 4.11. The van der Waals surface area contributed by atoms with Crippen LogP contribution >= 0.6 is 15.9 Å². The van der Waals surface area contributed by atoms with Crippen molar-refractivity contribution in [2.75, 3.05) is 0 Å². The molecule has 0 bridgehead atoms. The quantitative estimate of drug-likeness (QED) is 0.647. The molecule has 2 atom stereocenters. The molecule has 0 saturated heterocycles. The minimum absolute atomic E-state index is 0.698. The summed E-state index contributed by atoms with van der Waals surface area (Å²) in [7, 11) is 0. The van der Waals surface area contributed by atoms with E-state index in [0.717, 1.165) is 5.92 Å². The Balaban J connectivity index is 2.15. The average Bonchev–Trinajstić information content (AvgIpc) is 2.20. The molecule has 0 aliphatic heterocycles. The molecule has 1 aliphatic rings. The van der Waals surface area contributed by atoms with Crippen molar-refractivity contribution < 1.29 is 0 Å². The predicted molar refractivity (Wildman–Crippen MR) is 60.4 cm³/mol. The van der Waals surface area contributed by atoms with Gasteiger partial charge >= 0.3 is 0 Å². The van der Waals surface area contributed by atoms with Crippen LogP contribution in [0.25, 0.3) is 0 Å². The van der Waals surface area contributed by atoms with E-state index in [1.807, 2.05) is 0 Å². The van der Waals surface area contributed by atoms with Crippen molar-refractivity contribution in [2.24, 2.45) is 0 Å². The van der Waals surface area contributed by atoms with E-state index >= 15 is 0 Å². The van der Waals surface area contributed by atoms with Crippen molar-refractivity contribution in [2.45, 2.75) is 36.4 Å². The first-order valence-electron chi connectivity index (χ1n) is 5.07. The highest BCUT2D eigenvalue weighted by Crippen LogP contribution is 2.37. The third kappa shape index (κ3) is 2.14. The van der Waals surface area contributed by atoms with Gasteiger partial charge in [-0.2, -0.15) is 0 Å². The van der Waals surface area contributed by atoms with Crippen LogP contribution in [0.3, 0.4) is 0 Å². The SMILES string of the molecule is BrC1CCCCC1c1ccccc1. The molecule has 1 fully saturated rings. The Kier molecular flexibility index (Phi) is 3.05. The minimum atomic E-state index is 0.698. The fourth-order valence-electron chi connectivity index (χ4n) is 2.16. The lowest BCUT2D eigenvalue weighted by molar-refractivity contribution is 0.461. The smallest absolute Gasteiger partial charge is 0.0214 e. The summed E-state index contributed by atoms with van der Waals surface area (Å²) in [5.41, 5.74) is 1.50. The highest BCUT2D eigenvalue weighted by atomic mass is 79.9. The van der Waals surface area contributed by atoms with E-state index in [9.17, 15) is 0 Å². The number of halogens is 1. The molecule has 70 valence electrons. The molecule has 1 aromatic rings. The second-order valence-electron chi connectivity index (χ2n) is 3.82. The second kappa shape index (κ2) is 4.28. The summed E-state index contributed by atoms with van der Waals surface area (Å²) in [6.07, 6.45) is 5.46. The van der Waals surface area contributed by atoms with E-state index < -0.39 is 0 Å². The lowest BCUT2D eigenvalue weighted by Crippen LogP contribution is -2.16. The van der Waals surface area contributed by atoms with E-state index in [2.05, 4.69) is 46.3 Å². The second-order valence-corrected chi connectivity index (χ2v) is 4.99. The largest absolute Gasteiger partial charge is 0.0884 e. The summed E-state index contributed by atoms with van der Waals surface area (Å²) in [5.74, 6) is 0.745. The molecule has 0 amide bonds. The van der Waals surface area contributed by atoms with Crippen molar-refractivity contribution in [3.8, 4) is 0 Å². The van der Waals surface area contributed by atoms with Crippen LogP contribution in [0.4, 0.5) is 0 Å². The zero-order chi connectivity index (χ0) is 9.10. The molecule has 1 aliphatic carbocycles. The monoisotopic (exact) mass is 238 g/mol. The van der Waals surface area contributed by atoms with Gasteiger partial charge in [-0.05, 0) is 24.3 Å². The number of alkyl halides is 1. The third-order valence-corrected chi connectivity index (χ3v) is 4.01. The van der Waals surface area contributed by atoms with E-state index in [1.54, 1.807) is 0 Å². The molecule has 0 nitrogen and oxygen atoms in total. The molecule has 0 radical (unpaired) electrons. The molecule has 2 unspecified atom stereocenters. The van der Waals surface area contributed by atoms with Gasteiger partial charge in [0, 0.05) is 4.83 Å². The molecule has 1 aromatic carbocycles. The molecule has 0 spiro atoms. The molecule has 13 heavy (non-hydrogen) atoms. The van der Waals surface area contributed by atoms with Gasteiger partial charge in [0.1, 0.15) is 0 Å². The first kappa shape index (κ1) is 9.26. The molecular formula is C12H15Br. The van der Waals surface area contributed by atoms with Gasteiger partial charge in [0.15, 0.2) is 0 Å². The van der Waals surface area contributed by atoms with Gasteiger partial charge in [-0.1, -0.05) is 59.1 Å². The summed E-state index contributed by atoms with van der Waals surface area (Å²) in [5, 5.41) is 0. The van der Waals surface area contributed by atoms with Crippen LogP contribution in [0.1, 0.15) is 37.2 Å². The van der Waals surface area contributed by atoms with Crippen molar-refractivity contribution in [1.29, 1.82) is 0 Å². The van der Waals surface area contributed by atoms with Crippen LogP contribution in [0.15, 0.2) is 30.3 Å². The first-order chi connectivity index (χ1) is 6.38. The summed E-state index contributed by atoms with van der Waals surface area (Å²) in [6, 6.07) is 10.9. The van der Waals surface area contributed by atoms with Crippen molar-refractivity contribution >= 4 is 15.9 Å². The normalized spacial score (nSPS) is 28.7. The fraction of sp³-hybridized carbons (Fsp3) is 0.500. The van der Waals surface area contributed by atoms with Gasteiger partial charge in [-0.15, -0.1) is 0 Å². The highest BCUT2D eigenvalue weighted by Gasteiger charge is 2.23. The Bertz CT molecular complexity index is 255. The third-order valence-electron chi connectivity index (χ3n) is 2.91. The molecule has 2 rings (SSSR count). The maximum Gasteiger partial charge on any atom is 0.0214 e. The summed E-state index contributed by atoms with van der Waals surface area (Å²) in [6.45, 7) is 0. The topological polar surface area (TPSA) is 0 Å². The van der Waals surface area contributed by atoms with Gasteiger partial charge in [-0.3, -0.25) is 0 Å². The van der Waals surface area contributed by atoms with Crippen LogP contribution in [-0.2, 0) is 0 Å². The highest BCUT2D eigenvalue weighted by molar-refractivity contribution is 9.09. The molecule has 1 heteroatoms. The zero-order valence-electron chi connectivity index (χ0n) is 7.75. The zero-order valence-corrected chi connectivity index (χ0v) is 9.33. The van der Waals surface area contributed by atoms with Crippen LogP contribution in [-0.4, -0.2) is 4.83 Å².